The lowest BCUT2D eigenvalue weighted by molar-refractivity contribution is -0.114. The van der Waals surface area contributed by atoms with Crippen molar-refractivity contribution in [1.29, 1.82) is 0 Å². The normalized spacial score (nSPS) is 11.2. The zero-order valence-corrected chi connectivity index (χ0v) is 15.3. The molecule has 3 rings (SSSR count). The van der Waals surface area contributed by atoms with E-state index in [0.717, 1.165) is 5.69 Å². The molecular weight excluding hydrogens is 376 g/mol. The molecule has 1 aromatic heterocycles. The van der Waals surface area contributed by atoms with Crippen molar-refractivity contribution in [1.82, 2.24) is 9.78 Å². The Morgan fingerprint density at radius 3 is 2.19 bits per heavy atom. The first-order valence-electron chi connectivity index (χ1n) is 7.54. The second-order valence-electron chi connectivity index (χ2n) is 5.46. The molecular formula is C17H15ClN4O3S. The Balaban J connectivity index is 1.75. The number of amides is 1. The monoisotopic (exact) mass is 390 g/mol. The lowest BCUT2D eigenvalue weighted by Crippen LogP contribution is -2.13. The standard InChI is InChI=1S/C17H15ClN4O3S/c1-12(23)20-14-4-8-17(9-5-14)26(24,25)21-15-2-6-16(7-3-15)22-11-13(18)10-19-22/h2-11,21H,1H3,(H,20,23). The highest BCUT2D eigenvalue weighted by Gasteiger charge is 2.14. The maximum atomic E-state index is 12.5. The number of carbonyl (C=O) groups excluding carboxylic acids is 1. The number of benzene rings is 2. The van der Waals surface area contributed by atoms with Gasteiger partial charge in [-0.1, -0.05) is 11.6 Å². The van der Waals surface area contributed by atoms with E-state index in [2.05, 4.69) is 15.1 Å². The minimum atomic E-state index is -3.74. The van der Waals surface area contributed by atoms with Gasteiger partial charge in [-0.15, -0.1) is 0 Å². The summed E-state index contributed by atoms with van der Waals surface area (Å²) in [4.78, 5) is 11.1. The Morgan fingerprint density at radius 1 is 1.04 bits per heavy atom. The number of anilines is 2. The predicted molar refractivity (Wildman–Crippen MR) is 100 cm³/mol. The van der Waals surface area contributed by atoms with Gasteiger partial charge in [0.25, 0.3) is 10.0 Å². The van der Waals surface area contributed by atoms with Crippen molar-refractivity contribution in [2.24, 2.45) is 0 Å². The van der Waals surface area contributed by atoms with Crippen LogP contribution in [0.4, 0.5) is 11.4 Å². The van der Waals surface area contributed by atoms with Crippen LogP contribution >= 0.6 is 11.6 Å². The maximum Gasteiger partial charge on any atom is 0.261 e. The van der Waals surface area contributed by atoms with Gasteiger partial charge in [-0.2, -0.15) is 5.10 Å². The predicted octanol–water partition coefficient (Wildman–Crippen LogP) is 3.28. The highest BCUT2D eigenvalue weighted by atomic mass is 35.5. The fraction of sp³-hybridized carbons (Fsp3) is 0.0588. The van der Waals surface area contributed by atoms with E-state index in [4.69, 9.17) is 11.6 Å². The first-order valence-corrected chi connectivity index (χ1v) is 9.41. The van der Waals surface area contributed by atoms with Crippen LogP contribution in [0.15, 0.2) is 65.8 Å². The quantitative estimate of drug-likeness (QED) is 0.699. The number of aromatic nitrogens is 2. The van der Waals surface area contributed by atoms with E-state index in [1.807, 2.05) is 0 Å². The van der Waals surface area contributed by atoms with Crippen molar-refractivity contribution < 1.29 is 13.2 Å². The summed E-state index contributed by atoms with van der Waals surface area (Å²) in [6, 6.07) is 12.6. The zero-order chi connectivity index (χ0) is 18.7. The second kappa shape index (κ2) is 7.19. The Kier molecular flexibility index (Phi) is 4.97. The Bertz CT molecular complexity index is 1030. The van der Waals surface area contributed by atoms with Crippen LogP contribution in [0.2, 0.25) is 5.02 Å². The molecule has 0 fully saturated rings. The fourth-order valence-corrected chi connectivity index (χ4v) is 3.45. The molecule has 134 valence electrons. The van der Waals surface area contributed by atoms with Crippen LogP contribution in [-0.2, 0) is 14.8 Å². The van der Waals surface area contributed by atoms with E-state index in [0.29, 0.717) is 16.4 Å². The van der Waals surface area contributed by atoms with E-state index < -0.39 is 10.0 Å². The lowest BCUT2D eigenvalue weighted by Gasteiger charge is -2.10. The molecule has 1 amide bonds. The maximum absolute atomic E-state index is 12.5. The number of hydrogen-bond donors (Lipinski definition) is 2. The molecule has 2 N–H and O–H groups in total. The molecule has 9 heteroatoms. The van der Waals surface area contributed by atoms with Gasteiger partial charge in [0.15, 0.2) is 0 Å². The SMILES string of the molecule is CC(=O)Nc1ccc(S(=O)(=O)Nc2ccc(-n3cc(Cl)cn3)cc2)cc1. The minimum absolute atomic E-state index is 0.0922. The van der Waals surface area contributed by atoms with Crippen molar-refractivity contribution in [3.8, 4) is 5.69 Å². The third-order valence-electron chi connectivity index (χ3n) is 3.42. The van der Waals surface area contributed by atoms with Gasteiger partial charge < -0.3 is 5.32 Å². The van der Waals surface area contributed by atoms with Crippen molar-refractivity contribution in [3.05, 3.63) is 65.9 Å². The first-order chi connectivity index (χ1) is 12.3. The van der Waals surface area contributed by atoms with Crippen LogP contribution in [0.1, 0.15) is 6.92 Å². The largest absolute Gasteiger partial charge is 0.326 e. The molecule has 0 radical (unpaired) electrons. The van der Waals surface area contributed by atoms with Gasteiger partial charge in [-0.25, -0.2) is 13.1 Å². The van der Waals surface area contributed by atoms with Gasteiger partial charge in [0.05, 0.1) is 21.8 Å². The molecule has 26 heavy (non-hydrogen) atoms. The minimum Gasteiger partial charge on any atom is -0.326 e. The third-order valence-corrected chi connectivity index (χ3v) is 5.01. The van der Waals surface area contributed by atoms with Gasteiger partial charge in [-0.05, 0) is 48.5 Å². The lowest BCUT2D eigenvalue weighted by atomic mass is 10.3. The van der Waals surface area contributed by atoms with Crippen molar-refractivity contribution in [2.45, 2.75) is 11.8 Å². The Hall–Kier alpha value is -2.84. The van der Waals surface area contributed by atoms with Crippen molar-refractivity contribution in [3.63, 3.8) is 0 Å². The molecule has 0 aliphatic carbocycles. The topological polar surface area (TPSA) is 93.1 Å². The number of hydrogen-bond acceptors (Lipinski definition) is 4. The molecule has 0 saturated heterocycles. The number of nitrogens with one attached hydrogen (secondary N) is 2. The van der Waals surface area contributed by atoms with Crippen LogP contribution in [-0.4, -0.2) is 24.1 Å². The molecule has 0 saturated carbocycles. The first kappa shape index (κ1) is 18.0. The molecule has 2 aromatic carbocycles. The third kappa shape index (κ3) is 4.22. The molecule has 0 unspecified atom stereocenters. The molecule has 0 atom stereocenters. The van der Waals surface area contributed by atoms with Crippen LogP contribution < -0.4 is 10.0 Å². The Labute approximate surface area is 155 Å². The van der Waals surface area contributed by atoms with Gasteiger partial charge in [-0.3, -0.25) is 9.52 Å². The van der Waals surface area contributed by atoms with E-state index in [1.54, 1.807) is 35.1 Å². The number of carbonyl (C=O) groups is 1. The molecule has 0 spiro atoms. The van der Waals surface area contributed by atoms with Crippen LogP contribution in [0.25, 0.3) is 5.69 Å². The number of halogens is 1. The highest BCUT2D eigenvalue weighted by Crippen LogP contribution is 2.20. The highest BCUT2D eigenvalue weighted by molar-refractivity contribution is 7.92. The Morgan fingerprint density at radius 2 is 1.65 bits per heavy atom. The summed E-state index contributed by atoms with van der Waals surface area (Å²) in [5, 5.41) is 7.18. The molecule has 1 heterocycles. The number of rotatable bonds is 5. The van der Waals surface area contributed by atoms with Gasteiger partial charge in [0, 0.05) is 24.5 Å². The summed E-state index contributed by atoms with van der Waals surface area (Å²) >= 11 is 5.84. The summed E-state index contributed by atoms with van der Waals surface area (Å²) in [7, 11) is -3.74. The van der Waals surface area contributed by atoms with E-state index in [-0.39, 0.29) is 10.8 Å². The van der Waals surface area contributed by atoms with Gasteiger partial charge >= 0.3 is 0 Å². The van der Waals surface area contributed by atoms with Gasteiger partial charge in [0.2, 0.25) is 5.91 Å². The summed E-state index contributed by atoms with van der Waals surface area (Å²) in [6.07, 6.45) is 3.17. The van der Waals surface area contributed by atoms with E-state index >= 15 is 0 Å². The number of sulfonamides is 1. The average molecular weight is 391 g/mol. The molecule has 0 bridgehead atoms. The summed E-state index contributed by atoms with van der Waals surface area (Å²) in [5.41, 5.74) is 1.69. The van der Waals surface area contributed by atoms with Crippen LogP contribution in [0, 0.1) is 0 Å². The fourth-order valence-electron chi connectivity index (χ4n) is 2.26. The van der Waals surface area contributed by atoms with Gasteiger partial charge in [0.1, 0.15) is 0 Å². The molecule has 3 aromatic rings. The van der Waals surface area contributed by atoms with E-state index in [9.17, 15) is 13.2 Å². The summed E-state index contributed by atoms with van der Waals surface area (Å²) in [6.45, 7) is 1.38. The van der Waals surface area contributed by atoms with Crippen LogP contribution in [0.3, 0.4) is 0 Å². The van der Waals surface area contributed by atoms with E-state index in [1.165, 1.54) is 37.4 Å². The summed E-state index contributed by atoms with van der Waals surface area (Å²) in [5.74, 6) is -0.225. The average Bonchev–Trinajstić information content (AvgIpc) is 3.01. The molecule has 7 nitrogen and oxygen atoms in total. The van der Waals surface area contributed by atoms with Crippen LogP contribution in [0.5, 0.6) is 0 Å². The molecule has 0 aliphatic rings. The summed E-state index contributed by atoms with van der Waals surface area (Å²) < 4.78 is 29.0. The smallest absolute Gasteiger partial charge is 0.261 e. The second-order valence-corrected chi connectivity index (χ2v) is 7.58. The van der Waals surface area contributed by atoms with Crippen molar-refractivity contribution in [2.75, 3.05) is 10.0 Å². The van der Waals surface area contributed by atoms with Crippen molar-refractivity contribution >= 4 is 38.9 Å². The molecule has 0 aliphatic heterocycles. The number of nitrogens with zero attached hydrogens (tertiary/aromatic N) is 2. The zero-order valence-electron chi connectivity index (χ0n) is 13.7.